The minimum absolute atomic E-state index is 0.122. The monoisotopic (exact) mass is 568 g/mol. The molecule has 0 amide bonds. The van der Waals surface area contributed by atoms with Crippen molar-refractivity contribution < 1.29 is 28.4 Å². The summed E-state index contributed by atoms with van der Waals surface area (Å²) in [6.07, 6.45) is 5.95. The molecule has 0 aliphatic carbocycles. The van der Waals surface area contributed by atoms with Gasteiger partial charge in [-0.1, -0.05) is 61.0 Å². The number of benzene rings is 2. The van der Waals surface area contributed by atoms with Crippen LogP contribution in [0.4, 0.5) is 0 Å². The predicted octanol–water partition coefficient (Wildman–Crippen LogP) is 6.66. The molecule has 0 radical (unpaired) electrons. The molecule has 2 saturated heterocycles. The van der Waals surface area contributed by atoms with Crippen molar-refractivity contribution in [3.05, 3.63) is 102 Å². The number of hydrogen-bond acceptors (Lipinski definition) is 6. The number of halogens is 1. The second kappa shape index (κ2) is 15.5. The largest absolute Gasteiger partial charge is 0.488 e. The van der Waals surface area contributed by atoms with Gasteiger partial charge in [0.25, 0.3) is 0 Å². The van der Waals surface area contributed by atoms with Gasteiger partial charge < -0.3 is 28.4 Å². The van der Waals surface area contributed by atoms with Gasteiger partial charge in [-0.3, -0.25) is 0 Å². The third-order valence-corrected chi connectivity index (χ3v) is 7.53. The van der Waals surface area contributed by atoms with Crippen LogP contribution in [0.2, 0.25) is 5.02 Å². The van der Waals surface area contributed by atoms with Crippen LogP contribution in [0, 0.1) is 0 Å². The van der Waals surface area contributed by atoms with E-state index in [9.17, 15) is 0 Å². The molecule has 0 saturated carbocycles. The first kappa shape index (κ1) is 30.5. The molecule has 6 nitrogen and oxygen atoms in total. The van der Waals surface area contributed by atoms with Crippen molar-refractivity contribution in [1.82, 2.24) is 0 Å². The highest BCUT2D eigenvalue weighted by molar-refractivity contribution is 6.31. The Balaban J connectivity index is 1.58. The fourth-order valence-electron chi connectivity index (χ4n) is 5.23. The van der Waals surface area contributed by atoms with Gasteiger partial charge in [0, 0.05) is 11.4 Å². The molecule has 2 fully saturated rings. The van der Waals surface area contributed by atoms with Crippen LogP contribution in [0.1, 0.15) is 42.6 Å². The fraction of sp³-hybridized carbons (Fsp3) is 0.455. The van der Waals surface area contributed by atoms with E-state index in [-0.39, 0.29) is 30.5 Å². The van der Waals surface area contributed by atoms with Crippen LogP contribution in [-0.2, 0) is 30.1 Å². The number of hydrogen-bond donors (Lipinski definition) is 0. The summed E-state index contributed by atoms with van der Waals surface area (Å²) < 4.78 is 36.9. The normalized spacial score (nSPS) is 26.4. The molecule has 40 heavy (non-hydrogen) atoms. The molecule has 4 rings (SSSR count). The summed E-state index contributed by atoms with van der Waals surface area (Å²) in [5, 5.41) is 0.699. The summed E-state index contributed by atoms with van der Waals surface area (Å²) in [6, 6.07) is 14.2. The Labute approximate surface area is 243 Å². The maximum absolute atomic E-state index is 6.69. The van der Waals surface area contributed by atoms with Gasteiger partial charge in [-0.25, -0.2) is 0 Å². The maximum Gasteiger partial charge on any atom is 0.124 e. The highest BCUT2D eigenvalue weighted by Crippen LogP contribution is 2.39. The Morgan fingerprint density at radius 1 is 0.900 bits per heavy atom. The molecule has 2 aliphatic heterocycles. The van der Waals surface area contributed by atoms with Crippen molar-refractivity contribution in [1.29, 1.82) is 0 Å². The zero-order chi connectivity index (χ0) is 28.3. The van der Waals surface area contributed by atoms with Crippen LogP contribution in [0.5, 0.6) is 5.75 Å². The number of rotatable bonds is 15. The lowest BCUT2D eigenvalue weighted by Crippen LogP contribution is -2.57. The lowest BCUT2D eigenvalue weighted by Gasteiger charge is -2.46. The van der Waals surface area contributed by atoms with E-state index < -0.39 is 6.10 Å². The minimum atomic E-state index is -0.430. The Morgan fingerprint density at radius 2 is 1.57 bits per heavy atom. The molecule has 2 aliphatic rings. The second-order valence-electron chi connectivity index (χ2n) is 10.0. The third kappa shape index (κ3) is 7.84. The van der Waals surface area contributed by atoms with Gasteiger partial charge in [0.1, 0.15) is 36.3 Å². The molecule has 0 unspecified atom stereocenters. The summed E-state index contributed by atoms with van der Waals surface area (Å²) in [6.45, 7) is 16.1. The fourth-order valence-corrected chi connectivity index (χ4v) is 5.42. The molecule has 0 aromatic heterocycles. The van der Waals surface area contributed by atoms with Gasteiger partial charge in [0.15, 0.2) is 0 Å². The van der Waals surface area contributed by atoms with Crippen molar-refractivity contribution >= 4 is 11.6 Å². The van der Waals surface area contributed by atoms with Gasteiger partial charge in [0.2, 0.25) is 0 Å². The topological polar surface area (TPSA) is 55.4 Å². The average molecular weight is 569 g/mol. The molecule has 216 valence electrons. The van der Waals surface area contributed by atoms with Gasteiger partial charge in [-0.15, -0.1) is 19.7 Å². The van der Waals surface area contributed by atoms with Gasteiger partial charge >= 0.3 is 0 Å². The van der Waals surface area contributed by atoms with Crippen LogP contribution in [0.3, 0.4) is 0 Å². The molecular formula is C33H41ClO6. The van der Waals surface area contributed by atoms with Crippen molar-refractivity contribution in [3.8, 4) is 5.75 Å². The van der Waals surface area contributed by atoms with E-state index in [2.05, 4.69) is 44.9 Å². The predicted molar refractivity (Wildman–Crippen MR) is 158 cm³/mol. The second-order valence-corrected chi connectivity index (χ2v) is 10.4. The van der Waals surface area contributed by atoms with Crippen LogP contribution >= 0.6 is 11.6 Å². The molecule has 2 heterocycles. The average Bonchev–Trinajstić information content (AvgIpc) is 3.49. The summed E-state index contributed by atoms with van der Waals surface area (Å²) in [4.78, 5) is 0. The number of ether oxygens (including phenoxy) is 6. The quantitative estimate of drug-likeness (QED) is 0.224. The first-order valence-electron chi connectivity index (χ1n) is 14.0. The first-order valence-corrected chi connectivity index (χ1v) is 14.4. The van der Waals surface area contributed by atoms with E-state index in [0.717, 1.165) is 41.9 Å². The van der Waals surface area contributed by atoms with Crippen molar-refractivity contribution in [2.75, 3.05) is 33.0 Å². The molecule has 0 bridgehead atoms. The van der Waals surface area contributed by atoms with E-state index in [1.165, 1.54) is 0 Å². The lowest BCUT2D eigenvalue weighted by atomic mass is 9.88. The van der Waals surface area contributed by atoms with Crippen LogP contribution in [-0.4, -0.2) is 63.6 Å². The highest BCUT2D eigenvalue weighted by atomic mass is 35.5. The Bertz CT molecular complexity index is 1100. The van der Waals surface area contributed by atoms with E-state index in [1.807, 2.05) is 24.3 Å². The summed E-state index contributed by atoms with van der Waals surface area (Å²) in [5.74, 6) is 0.848. The minimum Gasteiger partial charge on any atom is -0.488 e. The molecule has 0 N–H and O–H groups in total. The third-order valence-electron chi connectivity index (χ3n) is 7.16. The van der Waals surface area contributed by atoms with Crippen LogP contribution < -0.4 is 4.74 Å². The lowest BCUT2D eigenvalue weighted by molar-refractivity contribution is -0.254. The van der Waals surface area contributed by atoms with Gasteiger partial charge in [0.05, 0.1) is 39.1 Å². The van der Waals surface area contributed by atoms with Crippen molar-refractivity contribution in [3.63, 3.8) is 0 Å². The molecule has 2 aromatic carbocycles. The SMILES string of the molecule is C=CCO[C@H]1[C@@H](OCC=C)[C@@H](CC)O[C@@H](c2ccc(Cl)c(Cc3ccc(O[C@H]4CCOC4)cc3)c2)[C@@H]1OCC=C. The molecular weight excluding hydrogens is 528 g/mol. The Morgan fingerprint density at radius 3 is 2.20 bits per heavy atom. The zero-order valence-corrected chi connectivity index (χ0v) is 24.1. The Kier molecular flexibility index (Phi) is 11.8. The molecule has 7 heteroatoms. The van der Waals surface area contributed by atoms with Crippen molar-refractivity contribution in [2.45, 2.75) is 62.8 Å². The van der Waals surface area contributed by atoms with E-state index in [0.29, 0.717) is 37.9 Å². The first-order chi connectivity index (χ1) is 19.6. The molecule has 0 spiro atoms. The van der Waals surface area contributed by atoms with E-state index >= 15 is 0 Å². The standard InChI is InChI=1S/C33H41ClO6/c1-5-16-36-31-29(8-4)40-30(32(37-17-6-2)33(31)38-18-7-3)24-11-14-28(34)25(21-24)20-23-9-12-26(13-10-23)39-27-15-19-35-22-27/h5-7,9-14,21,27,29-33H,1-3,8,15-20,22H2,4H3/t27-,29+,30-,31-,32-,33-/m0/s1. The zero-order valence-electron chi connectivity index (χ0n) is 23.3. The Hall–Kier alpha value is -2.45. The van der Waals surface area contributed by atoms with Gasteiger partial charge in [-0.05, 0) is 47.7 Å². The van der Waals surface area contributed by atoms with Gasteiger partial charge in [-0.2, -0.15) is 0 Å². The van der Waals surface area contributed by atoms with Crippen molar-refractivity contribution in [2.24, 2.45) is 0 Å². The summed E-state index contributed by atoms with van der Waals surface area (Å²) in [7, 11) is 0. The molecule has 6 atom stereocenters. The van der Waals surface area contributed by atoms with E-state index in [4.69, 9.17) is 40.0 Å². The van der Waals surface area contributed by atoms with Crippen LogP contribution in [0.25, 0.3) is 0 Å². The maximum atomic E-state index is 6.69. The van der Waals surface area contributed by atoms with E-state index in [1.54, 1.807) is 18.2 Å². The molecule has 2 aromatic rings. The summed E-state index contributed by atoms with van der Waals surface area (Å²) in [5.41, 5.74) is 3.11. The summed E-state index contributed by atoms with van der Waals surface area (Å²) >= 11 is 6.69. The smallest absolute Gasteiger partial charge is 0.124 e. The highest BCUT2D eigenvalue weighted by Gasteiger charge is 2.47. The van der Waals surface area contributed by atoms with Crippen LogP contribution in [0.15, 0.2) is 80.4 Å².